The summed E-state index contributed by atoms with van der Waals surface area (Å²) in [6, 6.07) is 7.24. The fraction of sp³-hybridized carbons (Fsp3) is 0.316. The van der Waals surface area contributed by atoms with Gasteiger partial charge in [-0.1, -0.05) is 30.4 Å². The van der Waals surface area contributed by atoms with Gasteiger partial charge in [0.25, 0.3) is 0 Å². The van der Waals surface area contributed by atoms with Crippen LogP contribution in [0.25, 0.3) is 0 Å². The summed E-state index contributed by atoms with van der Waals surface area (Å²) in [5.41, 5.74) is 3.21. The maximum Gasteiger partial charge on any atom is 0.159 e. The Morgan fingerprint density at radius 3 is 2.33 bits per heavy atom. The van der Waals surface area contributed by atoms with Gasteiger partial charge in [-0.25, -0.2) is 0 Å². The summed E-state index contributed by atoms with van der Waals surface area (Å²) in [6.07, 6.45) is 7.99. The highest BCUT2D eigenvalue weighted by molar-refractivity contribution is 5.94. The first kappa shape index (κ1) is 17.0. The molecule has 0 saturated carbocycles. The highest BCUT2D eigenvalue weighted by atomic mass is 16.5. The van der Waals surface area contributed by atoms with Crippen molar-refractivity contribution in [1.29, 1.82) is 0 Å². The lowest BCUT2D eigenvalue weighted by Crippen LogP contribution is -1.99. The largest absolute Gasteiger partial charge is 0.493 e. The molecule has 0 fully saturated rings. The zero-order valence-electron chi connectivity index (χ0n) is 13.2. The Balaban J connectivity index is 2.45. The molecule has 2 nitrogen and oxygen atoms in total. The van der Waals surface area contributed by atoms with E-state index < -0.39 is 0 Å². The molecule has 0 unspecified atom stereocenters. The van der Waals surface area contributed by atoms with Gasteiger partial charge in [0, 0.05) is 12.0 Å². The van der Waals surface area contributed by atoms with Crippen molar-refractivity contribution in [3.05, 3.63) is 65.8 Å². The lowest BCUT2D eigenvalue weighted by Gasteiger charge is -2.07. The number of carbonyl (C=O) groups is 1. The number of ether oxygens (including phenoxy) is 1. The summed E-state index contributed by atoms with van der Waals surface area (Å²) in [4.78, 5) is 11.2. The van der Waals surface area contributed by atoms with Crippen molar-refractivity contribution in [2.45, 2.75) is 33.6 Å². The molecule has 0 atom stereocenters. The maximum absolute atomic E-state index is 11.2. The normalized spacial score (nSPS) is 10.9. The molecule has 0 aromatic heterocycles. The molecule has 0 amide bonds. The van der Waals surface area contributed by atoms with Crippen LogP contribution in [-0.2, 0) is 0 Å². The molecular formula is C19H24O2. The van der Waals surface area contributed by atoms with Crippen molar-refractivity contribution < 1.29 is 9.53 Å². The lowest BCUT2D eigenvalue weighted by molar-refractivity contribution is 0.101. The van der Waals surface area contributed by atoms with Crippen LogP contribution in [0.5, 0.6) is 5.75 Å². The van der Waals surface area contributed by atoms with Crippen molar-refractivity contribution in [2.24, 2.45) is 0 Å². The monoisotopic (exact) mass is 284 g/mol. The predicted octanol–water partition coefficient (Wildman–Crippen LogP) is 5.13. The lowest BCUT2D eigenvalue weighted by atomic mass is 10.1. The second-order valence-corrected chi connectivity index (χ2v) is 5.18. The Kier molecular flexibility index (Phi) is 7.24. The topological polar surface area (TPSA) is 26.3 Å². The molecule has 1 aromatic rings. The summed E-state index contributed by atoms with van der Waals surface area (Å²) in [5, 5.41) is 0. The Labute approximate surface area is 127 Å². The van der Waals surface area contributed by atoms with Gasteiger partial charge in [0.2, 0.25) is 0 Å². The number of carbonyl (C=O) groups excluding carboxylic acids is 1. The number of benzene rings is 1. The van der Waals surface area contributed by atoms with Gasteiger partial charge in [-0.3, -0.25) is 4.79 Å². The van der Waals surface area contributed by atoms with Crippen LogP contribution in [-0.4, -0.2) is 12.4 Å². The minimum Gasteiger partial charge on any atom is -0.493 e. The van der Waals surface area contributed by atoms with Crippen LogP contribution in [0.15, 0.2) is 60.2 Å². The van der Waals surface area contributed by atoms with Crippen molar-refractivity contribution in [3.63, 3.8) is 0 Å². The van der Waals surface area contributed by atoms with E-state index in [2.05, 4.69) is 32.6 Å². The fourth-order valence-corrected chi connectivity index (χ4v) is 1.81. The first-order valence-electron chi connectivity index (χ1n) is 7.21. The molecule has 0 bridgehead atoms. The first-order chi connectivity index (χ1) is 10.0. The molecule has 0 N–H and O–H groups in total. The summed E-state index contributed by atoms with van der Waals surface area (Å²) >= 11 is 0. The number of hydrogen-bond donors (Lipinski definition) is 0. The van der Waals surface area contributed by atoms with E-state index >= 15 is 0 Å². The van der Waals surface area contributed by atoms with E-state index in [1.807, 2.05) is 18.2 Å². The molecule has 1 aromatic carbocycles. The van der Waals surface area contributed by atoms with Gasteiger partial charge in [0.1, 0.15) is 5.75 Å². The van der Waals surface area contributed by atoms with Gasteiger partial charge in [-0.15, -0.1) is 0 Å². The van der Waals surface area contributed by atoms with Crippen LogP contribution < -0.4 is 4.74 Å². The zero-order chi connectivity index (χ0) is 15.7. The van der Waals surface area contributed by atoms with E-state index in [4.69, 9.17) is 4.74 Å². The van der Waals surface area contributed by atoms with Gasteiger partial charge < -0.3 is 4.74 Å². The molecule has 0 aliphatic heterocycles. The third-order valence-corrected chi connectivity index (χ3v) is 3.09. The highest BCUT2D eigenvalue weighted by Gasteiger charge is 2.00. The average Bonchev–Trinajstić information content (AvgIpc) is 2.45. The van der Waals surface area contributed by atoms with Crippen molar-refractivity contribution >= 4 is 5.78 Å². The van der Waals surface area contributed by atoms with E-state index in [0.717, 1.165) is 18.6 Å². The molecule has 0 saturated heterocycles. The Bertz CT molecular complexity index is 529. The SMILES string of the molecule is C=C/C(=C/CC=C(C)C)CCOc1ccc(C(C)=O)cc1. The van der Waals surface area contributed by atoms with Crippen molar-refractivity contribution in [2.75, 3.05) is 6.61 Å². The molecule has 1 rings (SSSR count). The fourth-order valence-electron chi connectivity index (χ4n) is 1.81. The third-order valence-electron chi connectivity index (χ3n) is 3.09. The predicted molar refractivity (Wildman–Crippen MR) is 88.9 cm³/mol. The smallest absolute Gasteiger partial charge is 0.159 e. The molecule has 0 aliphatic carbocycles. The number of ketones is 1. The van der Waals surface area contributed by atoms with E-state index in [1.54, 1.807) is 19.1 Å². The zero-order valence-corrected chi connectivity index (χ0v) is 13.2. The van der Waals surface area contributed by atoms with Gasteiger partial charge >= 0.3 is 0 Å². The molecule has 0 heterocycles. The average molecular weight is 284 g/mol. The number of Topliss-reactive ketones (excluding diaryl/α,β-unsaturated/α-hetero) is 1. The third kappa shape index (κ3) is 6.75. The van der Waals surface area contributed by atoms with Gasteiger partial charge in [-0.2, -0.15) is 0 Å². The van der Waals surface area contributed by atoms with E-state index in [0.29, 0.717) is 12.2 Å². The molecule has 21 heavy (non-hydrogen) atoms. The minimum absolute atomic E-state index is 0.0673. The standard InChI is InChI=1S/C19H24O2/c1-5-17(8-6-7-15(2)3)13-14-21-19-11-9-18(10-12-19)16(4)20/h5,7-12H,1,6,13-14H2,2-4H3/b17-8-. The van der Waals surface area contributed by atoms with E-state index in [1.165, 1.54) is 11.1 Å². The summed E-state index contributed by atoms with van der Waals surface area (Å²) < 4.78 is 5.69. The number of rotatable bonds is 8. The second kappa shape index (κ2) is 8.96. The summed E-state index contributed by atoms with van der Waals surface area (Å²) in [7, 11) is 0. The van der Waals surface area contributed by atoms with Gasteiger partial charge in [0.15, 0.2) is 5.78 Å². The van der Waals surface area contributed by atoms with Gasteiger partial charge in [0.05, 0.1) is 6.61 Å². The number of hydrogen-bond acceptors (Lipinski definition) is 2. The molecule has 112 valence electrons. The Morgan fingerprint density at radius 2 is 1.81 bits per heavy atom. The first-order valence-corrected chi connectivity index (χ1v) is 7.21. The Morgan fingerprint density at radius 1 is 1.14 bits per heavy atom. The van der Waals surface area contributed by atoms with Crippen LogP contribution in [0.4, 0.5) is 0 Å². The van der Waals surface area contributed by atoms with Crippen LogP contribution in [0, 0.1) is 0 Å². The molecule has 0 aliphatic rings. The molecule has 0 spiro atoms. The maximum atomic E-state index is 11.2. The second-order valence-electron chi connectivity index (χ2n) is 5.18. The van der Waals surface area contributed by atoms with Crippen molar-refractivity contribution in [3.8, 4) is 5.75 Å². The molecule has 0 radical (unpaired) electrons. The summed E-state index contributed by atoms with van der Waals surface area (Å²) in [6.45, 7) is 10.2. The van der Waals surface area contributed by atoms with Crippen molar-refractivity contribution in [1.82, 2.24) is 0 Å². The van der Waals surface area contributed by atoms with Crippen LogP contribution >= 0.6 is 0 Å². The quantitative estimate of drug-likeness (QED) is 0.376. The van der Waals surface area contributed by atoms with Crippen LogP contribution in [0.3, 0.4) is 0 Å². The van der Waals surface area contributed by atoms with E-state index in [9.17, 15) is 4.79 Å². The molecular weight excluding hydrogens is 260 g/mol. The summed E-state index contributed by atoms with van der Waals surface area (Å²) in [5.74, 6) is 0.852. The van der Waals surface area contributed by atoms with Crippen LogP contribution in [0.2, 0.25) is 0 Å². The minimum atomic E-state index is 0.0673. The highest BCUT2D eigenvalue weighted by Crippen LogP contribution is 2.14. The van der Waals surface area contributed by atoms with E-state index in [-0.39, 0.29) is 5.78 Å². The van der Waals surface area contributed by atoms with Gasteiger partial charge in [-0.05, 0) is 57.0 Å². The Hall–Kier alpha value is -2.09. The number of allylic oxidation sites excluding steroid dienone is 4. The molecule has 2 heteroatoms. The van der Waals surface area contributed by atoms with Crippen LogP contribution in [0.1, 0.15) is 44.0 Å².